The van der Waals surface area contributed by atoms with Gasteiger partial charge in [-0.15, -0.1) is 11.3 Å². The van der Waals surface area contributed by atoms with Crippen LogP contribution in [0.2, 0.25) is 0 Å². The number of hydrogen-bond donors (Lipinski definition) is 0. The van der Waals surface area contributed by atoms with Crippen LogP contribution in [0.1, 0.15) is 58.8 Å². The van der Waals surface area contributed by atoms with Crippen molar-refractivity contribution in [3.63, 3.8) is 0 Å². The van der Waals surface area contributed by atoms with Gasteiger partial charge < -0.3 is 9.64 Å². The van der Waals surface area contributed by atoms with Crippen LogP contribution in [0.3, 0.4) is 0 Å². The third-order valence-electron chi connectivity index (χ3n) is 5.90. The van der Waals surface area contributed by atoms with E-state index >= 15 is 4.39 Å². The van der Waals surface area contributed by atoms with Gasteiger partial charge in [-0.3, -0.25) is 4.68 Å². The Hall–Kier alpha value is -3.39. The number of thiophene rings is 1. The minimum Gasteiger partial charge on any atom is -0.444 e. The van der Waals surface area contributed by atoms with Crippen molar-refractivity contribution < 1.29 is 27.1 Å². The van der Waals surface area contributed by atoms with E-state index in [9.17, 15) is 23.2 Å². The predicted octanol–water partition coefficient (Wildman–Crippen LogP) is 6.37. The molecule has 0 spiro atoms. The molecule has 1 aromatic carbocycles. The standard InChI is InChI=1S/C25H24F4N4O2S/c1-13-18(9-30)36-19-12-33(23(34)35-24(2,3)4)11-15(20(13)19)14-7-6-8-17(26)21(14)16-10-32(5)31-22(16)25(27,28)29/h6-8,10,15H,11-12H2,1-5H3. The smallest absolute Gasteiger partial charge is 0.435 e. The second-order valence-electron chi connectivity index (χ2n) is 9.69. The summed E-state index contributed by atoms with van der Waals surface area (Å²) in [6.07, 6.45) is -4.26. The highest BCUT2D eigenvalue weighted by Gasteiger charge is 2.41. The van der Waals surface area contributed by atoms with E-state index in [1.807, 2.05) is 0 Å². The maximum Gasteiger partial charge on any atom is 0.435 e. The van der Waals surface area contributed by atoms with Gasteiger partial charge in [0.2, 0.25) is 0 Å². The van der Waals surface area contributed by atoms with Crippen LogP contribution in [-0.4, -0.2) is 32.9 Å². The number of benzene rings is 1. The Morgan fingerprint density at radius 2 is 1.97 bits per heavy atom. The number of fused-ring (bicyclic) bond motifs is 1. The van der Waals surface area contributed by atoms with E-state index in [4.69, 9.17) is 4.74 Å². The Kier molecular flexibility index (Phi) is 6.37. The van der Waals surface area contributed by atoms with Crippen LogP contribution in [0.5, 0.6) is 0 Å². The number of ether oxygens (including phenoxy) is 1. The molecule has 0 radical (unpaired) electrons. The zero-order valence-corrected chi connectivity index (χ0v) is 21.1. The molecule has 0 N–H and O–H groups in total. The van der Waals surface area contributed by atoms with Gasteiger partial charge in [0.25, 0.3) is 0 Å². The van der Waals surface area contributed by atoms with E-state index in [0.717, 1.165) is 22.5 Å². The molecule has 0 fully saturated rings. The Morgan fingerprint density at radius 1 is 1.28 bits per heavy atom. The molecule has 11 heteroatoms. The third kappa shape index (κ3) is 4.69. The van der Waals surface area contributed by atoms with Crippen molar-refractivity contribution in [2.75, 3.05) is 6.54 Å². The molecule has 1 aliphatic heterocycles. The van der Waals surface area contributed by atoms with Crippen molar-refractivity contribution in [2.45, 2.75) is 51.9 Å². The first kappa shape index (κ1) is 25.7. The molecule has 1 atom stereocenters. The summed E-state index contributed by atoms with van der Waals surface area (Å²) in [7, 11) is 1.34. The highest BCUT2D eigenvalue weighted by Crippen LogP contribution is 2.46. The molecule has 190 valence electrons. The van der Waals surface area contributed by atoms with E-state index in [2.05, 4.69) is 11.2 Å². The average Bonchev–Trinajstić information content (AvgIpc) is 3.31. The molecule has 6 nitrogen and oxygen atoms in total. The molecule has 0 aliphatic carbocycles. The summed E-state index contributed by atoms with van der Waals surface area (Å²) in [5.41, 5.74) is -0.919. The van der Waals surface area contributed by atoms with E-state index in [0.29, 0.717) is 15.3 Å². The zero-order valence-electron chi connectivity index (χ0n) is 20.3. The van der Waals surface area contributed by atoms with Gasteiger partial charge in [0.15, 0.2) is 5.69 Å². The maximum atomic E-state index is 15.3. The number of hydrogen-bond acceptors (Lipinski definition) is 5. The van der Waals surface area contributed by atoms with Crippen molar-refractivity contribution >= 4 is 17.4 Å². The number of aromatic nitrogens is 2. The molecule has 3 heterocycles. The summed E-state index contributed by atoms with van der Waals surface area (Å²) in [6, 6.07) is 6.23. The summed E-state index contributed by atoms with van der Waals surface area (Å²) >= 11 is 1.22. The number of nitriles is 1. The van der Waals surface area contributed by atoms with Crippen molar-refractivity contribution in [3.8, 4) is 17.2 Å². The van der Waals surface area contributed by atoms with Gasteiger partial charge in [-0.05, 0) is 50.5 Å². The van der Waals surface area contributed by atoms with Crippen LogP contribution in [0.15, 0.2) is 24.4 Å². The molecule has 1 amide bonds. The Balaban J connectivity index is 1.93. The molecular formula is C25H24F4N4O2S. The van der Waals surface area contributed by atoms with Gasteiger partial charge in [0.05, 0.1) is 6.54 Å². The minimum atomic E-state index is -4.80. The minimum absolute atomic E-state index is 0.0441. The van der Waals surface area contributed by atoms with Crippen LogP contribution in [0.25, 0.3) is 11.1 Å². The number of carbonyl (C=O) groups excluding carboxylic acids is 1. The molecule has 1 unspecified atom stereocenters. The Bertz CT molecular complexity index is 1380. The average molecular weight is 521 g/mol. The number of carbonyl (C=O) groups is 1. The molecule has 0 saturated heterocycles. The SMILES string of the molecule is Cc1c(C#N)sc2c1C(c1cccc(F)c1-c1cn(C)nc1C(F)(F)F)CN(C(=O)OC(C)(C)C)C2. The van der Waals surface area contributed by atoms with E-state index in [1.54, 1.807) is 33.8 Å². The largest absolute Gasteiger partial charge is 0.444 e. The molecule has 1 aliphatic rings. The lowest BCUT2D eigenvalue weighted by atomic mass is 9.82. The lowest BCUT2D eigenvalue weighted by Gasteiger charge is -2.35. The highest BCUT2D eigenvalue weighted by atomic mass is 32.1. The van der Waals surface area contributed by atoms with Crippen LogP contribution >= 0.6 is 11.3 Å². The summed E-state index contributed by atoms with van der Waals surface area (Å²) in [5, 5.41) is 13.2. The lowest BCUT2D eigenvalue weighted by molar-refractivity contribution is -0.141. The van der Waals surface area contributed by atoms with Crippen LogP contribution in [0.4, 0.5) is 22.4 Å². The number of amides is 1. The van der Waals surface area contributed by atoms with Crippen molar-refractivity contribution in [3.05, 3.63) is 62.4 Å². The summed E-state index contributed by atoms with van der Waals surface area (Å²) < 4.78 is 63.4. The van der Waals surface area contributed by atoms with E-state index in [1.165, 1.54) is 29.4 Å². The predicted molar refractivity (Wildman–Crippen MR) is 126 cm³/mol. The van der Waals surface area contributed by atoms with Crippen LogP contribution in [-0.2, 0) is 24.5 Å². The Morgan fingerprint density at radius 3 is 2.58 bits per heavy atom. The third-order valence-corrected chi connectivity index (χ3v) is 7.09. The first-order valence-corrected chi connectivity index (χ1v) is 11.9. The van der Waals surface area contributed by atoms with E-state index < -0.39 is 35.3 Å². The molecular weight excluding hydrogens is 496 g/mol. The first-order chi connectivity index (χ1) is 16.7. The number of rotatable bonds is 2. The number of nitrogens with zero attached hydrogens (tertiary/aromatic N) is 4. The second-order valence-corrected chi connectivity index (χ2v) is 10.8. The van der Waals surface area contributed by atoms with Crippen molar-refractivity contribution in [2.24, 2.45) is 7.05 Å². The summed E-state index contributed by atoms with van der Waals surface area (Å²) in [6.45, 7) is 7.17. The fourth-order valence-electron chi connectivity index (χ4n) is 4.53. The fraction of sp³-hybridized carbons (Fsp3) is 0.400. The number of alkyl halides is 3. The van der Waals surface area contributed by atoms with Gasteiger partial charge in [0, 0.05) is 41.7 Å². The maximum absolute atomic E-state index is 15.3. The molecule has 0 saturated carbocycles. The summed E-state index contributed by atoms with van der Waals surface area (Å²) in [4.78, 5) is 15.6. The number of aryl methyl sites for hydroxylation is 1. The van der Waals surface area contributed by atoms with E-state index in [-0.39, 0.29) is 29.8 Å². The van der Waals surface area contributed by atoms with Crippen molar-refractivity contribution in [1.29, 1.82) is 5.26 Å². The van der Waals surface area contributed by atoms with Crippen molar-refractivity contribution in [1.82, 2.24) is 14.7 Å². The van der Waals surface area contributed by atoms with Gasteiger partial charge in [-0.1, -0.05) is 12.1 Å². The second kappa shape index (κ2) is 8.92. The molecule has 3 aromatic rings. The van der Waals surface area contributed by atoms with Crippen LogP contribution < -0.4 is 0 Å². The zero-order chi connectivity index (χ0) is 26.6. The first-order valence-electron chi connectivity index (χ1n) is 11.1. The number of halogens is 4. The fourth-order valence-corrected chi connectivity index (χ4v) is 5.71. The Labute approximate surface area is 209 Å². The highest BCUT2D eigenvalue weighted by molar-refractivity contribution is 7.12. The normalized spacial score (nSPS) is 16.0. The van der Waals surface area contributed by atoms with Gasteiger partial charge in [-0.2, -0.15) is 23.5 Å². The molecule has 2 aromatic heterocycles. The van der Waals surface area contributed by atoms with Gasteiger partial charge in [0.1, 0.15) is 22.4 Å². The van der Waals surface area contributed by atoms with Crippen LogP contribution in [0, 0.1) is 24.1 Å². The van der Waals surface area contributed by atoms with Gasteiger partial charge in [-0.25, -0.2) is 9.18 Å². The summed E-state index contributed by atoms with van der Waals surface area (Å²) in [5.74, 6) is -1.53. The topological polar surface area (TPSA) is 71.2 Å². The lowest BCUT2D eigenvalue weighted by Crippen LogP contribution is -2.41. The molecule has 0 bridgehead atoms. The molecule has 4 rings (SSSR count). The quantitative estimate of drug-likeness (QED) is 0.368. The van der Waals surface area contributed by atoms with Gasteiger partial charge >= 0.3 is 12.3 Å². The monoisotopic (exact) mass is 520 g/mol. The molecule has 36 heavy (non-hydrogen) atoms.